The van der Waals surface area contributed by atoms with Gasteiger partial charge in [0, 0.05) is 11.6 Å². The molecule has 0 atom stereocenters. The van der Waals surface area contributed by atoms with Crippen LogP contribution in [0, 0.1) is 17.0 Å². The van der Waals surface area contributed by atoms with E-state index < -0.39 is 20.9 Å². The molecule has 0 amide bonds. The van der Waals surface area contributed by atoms with Gasteiger partial charge in [-0.15, -0.1) is 11.3 Å². The van der Waals surface area contributed by atoms with Crippen molar-refractivity contribution in [3.63, 3.8) is 0 Å². The van der Waals surface area contributed by atoms with Crippen molar-refractivity contribution in [2.75, 3.05) is 11.8 Å². The van der Waals surface area contributed by atoms with Gasteiger partial charge in [0.05, 0.1) is 22.6 Å². The van der Waals surface area contributed by atoms with Crippen molar-refractivity contribution >= 4 is 38.7 Å². The molecule has 0 fully saturated rings. The molecule has 1 aromatic carbocycles. The number of sulfonamides is 1. The molecule has 0 bridgehead atoms. The fraction of sp³-hybridized carbons (Fsp3) is 0.154. The highest BCUT2D eigenvalue weighted by Gasteiger charge is 2.23. The van der Waals surface area contributed by atoms with Crippen molar-refractivity contribution in [3.8, 4) is 0 Å². The standard InChI is InChI=1S/C13H12N2O6S2/c1-8-3-4-9(7-11(8)15(17)18)23(19,20)14-10-5-6-22-12(10)13(16)21-2/h3-7,14H,1-2H3. The van der Waals surface area contributed by atoms with Crippen LogP contribution in [0.4, 0.5) is 11.4 Å². The van der Waals surface area contributed by atoms with Crippen LogP contribution in [0.15, 0.2) is 34.5 Å². The minimum Gasteiger partial charge on any atom is -0.465 e. The number of benzene rings is 1. The third kappa shape index (κ3) is 3.48. The number of hydrogen-bond acceptors (Lipinski definition) is 7. The first-order chi connectivity index (χ1) is 10.8. The van der Waals surface area contributed by atoms with Gasteiger partial charge in [-0.05, 0) is 24.4 Å². The number of hydrogen-bond donors (Lipinski definition) is 1. The van der Waals surface area contributed by atoms with Gasteiger partial charge in [-0.1, -0.05) is 6.07 Å². The van der Waals surface area contributed by atoms with Crippen LogP contribution in [0.1, 0.15) is 15.2 Å². The average Bonchev–Trinajstić information content (AvgIpc) is 2.93. The highest BCUT2D eigenvalue weighted by atomic mass is 32.2. The molecule has 2 rings (SSSR count). The molecular formula is C13H12N2O6S2. The van der Waals surface area contributed by atoms with Crippen molar-refractivity contribution in [2.24, 2.45) is 0 Å². The number of carbonyl (C=O) groups excluding carboxylic acids is 1. The van der Waals surface area contributed by atoms with E-state index in [1.807, 2.05) is 0 Å². The summed E-state index contributed by atoms with van der Waals surface area (Å²) in [6.45, 7) is 1.51. The predicted molar refractivity (Wildman–Crippen MR) is 84.3 cm³/mol. The minimum absolute atomic E-state index is 0.0603. The third-order valence-corrected chi connectivity index (χ3v) is 5.23. The van der Waals surface area contributed by atoms with Gasteiger partial charge in [0.1, 0.15) is 4.88 Å². The zero-order chi connectivity index (χ0) is 17.2. The molecule has 0 aliphatic rings. The Morgan fingerprint density at radius 1 is 1.35 bits per heavy atom. The number of nitrogens with one attached hydrogen (secondary N) is 1. The first-order valence-electron chi connectivity index (χ1n) is 6.20. The Bertz CT molecular complexity index is 872. The number of nitro benzene ring substituents is 1. The number of esters is 1. The number of nitro groups is 1. The number of rotatable bonds is 5. The Kier molecular flexibility index (Phi) is 4.66. The first kappa shape index (κ1) is 16.9. The molecule has 0 aliphatic heterocycles. The van der Waals surface area contributed by atoms with Crippen LogP contribution in [-0.2, 0) is 14.8 Å². The van der Waals surface area contributed by atoms with Crippen molar-refractivity contribution < 1.29 is 22.9 Å². The van der Waals surface area contributed by atoms with Crippen molar-refractivity contribution in [3.05, 3.63) is 50.2 Å². The maximum atomic E-state index is 12.4. The zero-order valence-corrected chi connectivity index (χ0v) is 13.7. The highest BCUT2D eigenvalue weighted by molar-refractivity contribution is 7.92. The fourth-order valence-corrected chi connectivity index (χ4v) is 3.72. The monoisotopic (exact) mass is 356 g/mol. The van der Waals surface area contributed by atoms with Crippen LogP contribution >= 0.6 is 11.3 Å². The first-order valence-corrected chi connectivity index (χ1v) is 8.56. The Morgan fingerprint density at radius 2 is 2.04 bits per heavy atom. The molecule has 8 nitrogen and oxygen atoms in total. The zero-order valence-electron chi connectivity index (χ0n) is 12.1. The number of anilines is 1. The summed E-state index contributed by atoms with van der Waals surface area (Å²) in [5, 5.41) is 12.5. The van der Waals surface area contributed by atoms with Gasteiger partial charge in [-0.3, -0.25) is 14.8 Å². The van der Waals surface area contributed by atoms with E-state index in [-0.39, 0.29) is 21.1 Å². The molecule has 0 radical (unpaired) electrons. The predicted octanol–water partition coefficient (Wildman–Crippen LogP) is 2.55. The number of carbonyl (C=O) groups is 1. The summed E-state index contributed by atoms with van der Waals surface area (Å²) in [5.74, 6) is -0.674. The second-order valence-corrected chi connectivity index (χ2v) is 7.06. The lowest BCUT2D eigenvalue weighted by molar-refractivity contribution is -0.385. The van der Waals surface area contributed by atoms with Crippen LogP contribution in [0.2, 0.25) is 0 Å². The lowest BCUT2D eigenvalue weighted by Crippen LogP contribution is -2.15. The van der Waals surface area contributed by atoms with E-state index in [2.05, 4.69) is 9.46 Å². The van der Waals surface area contributed by atoms with Gasteiger partial charge >= 0.3 is 5.97 Å². The Labute approximate surface area is 135 Å². The van der Waals surface area contributed by atoms with Gasteiger partial charge in [0.25, 0.3) is 15.7 Å². The van der Waals surface area contributed by atoms with E-state index in [0.29, 0.717) is 5.56 Å². The Balaban J connectivity index is 2.41. The molecule has 10 heteroatoms. The van der Waals surface area contributed by atoms with E-state index in [0.717, 1.165) is 17.4 Å². The number of methoxy groups -OCH3 is 1. The minimum atomic E-state index is -4.08. The van der Waals surface area contributed by atoms with E-state index >= 15 is 0 Å². The highest BCUT2D eigenvalue weighted by Crippen LogP contribution is 2.28. The summed E-state index contributed by atoms with van der Waals surface area (Å²) in [6, 6.07) is 5.00. The van der Waals surface area contributed by atoms with Gasteiger partial charge in [-0.25, -0.2) is 13.2 Å². The molecular weight excluding hydrogens is 344 g/mol. The summed E-state index contributed by atoms with van der Waals surface area (Å²) in [4.78, 5) is 21.7. The third-order valence-electron chi connectivity index (χ3n) is 2.97. The summed E-state index contributed by atoms with van der Waals surface area (Å²) >= 11 is 1.02. The lowest BCUT2D eigenvalue weighted by atomic mass is 10.2. The van der Waals surface area contributed by atoms with Gasteiger partial charge in [0.15, 0.2) is 0 Å². The smallest absolute Gasteiger partial charge is 0.350 e. The SMILES string of the molecule is COC(=O)c1sccc1NS(=O)(=O)c1ccc(C)c([N+](=O)[O-])c1. The largest absolute Gasteiger partial charge is 0.465 e. The van der Waals surface area contributed by atoms with E-state index in [1.54, 1.807) is 0 Å². The summed E-state index contributed by atoms with van der Waals surface area (Å²) in [5.41, 5.74) is 0.108. The second-order valence-electron chi connectivity index (χ2n) is 4.47. The molecule has 0 spiro atoms. The molecule has 1 heterocycles. The lowest BCUT2D eigenvalue weighted by Gasteiger charge is -2.08. The van der Waals surface area contributed by atoms with Gasteiger partial charge < -0.3 is 4.74 Å². The molecule has 1 aromatic heterocycles. The van der Waals surface area contributed by atoms with Crippen LogP contribution < -0.4 is 4.72 Å². The molecule has 2 aromatic rings. The Hall–Kier alpha value is -2.46. The molecule has 0 saturated heterocycles. The topological polar surface area (TPSA) is 116 Å². The number of thiophene rings is 1. The number of aryl methyl sites for hydroxylation is 1. The molecule has 0 unspecified atom stereocenters. The summed E-state index contributed by atoms with van der Waals surface area (Å²) in [6.07, 6.45) is 0. The second kappa shape index (κ2) is 6.34. The van der Waals surface area contributed by atoms with Gasteiger partial charge in [-0.2, -0.15) is 0 Å². The van der Waals surface area contributed by atoms with Crippen molar-refractivity contribution in [1.82, 2.24) is 0 Å². The average molecular weight is 356 g/mol. The quantitative estimate of drug-likeness (QED) is 0.500. The number of nitrogens with zero attached hydrogens (tertiary/aromatic N) is 1. The summed E-state index contributed by atoms with van der Waals surface area (Å²) < 4.78 is 31.5. The van der Waals surface area contributed by atoms with Crippen molar-refractivity contribution in [1.29, 1.82) is 0 Å². The fourth-order valence-electron chi connectivity index (χ4n) is 1.80. The van der Waals surface area contributed by atoms with Crippen molar-refractivity contribution in [2.45, 2.75) is 11.8 Å². The molecule has 0 saturated carbocycles. The van der Waals surface area contributed by atoms with Crippen LogP contribution in [-0.4, -0.2) is 26.4 Å². The maximum absolute atomic E-state index is 12.4. The van der Waals surface area contributed by atoms with Crippen LogP contribution in [0.3, 0.4) is 0 Å². The summed E-state index contributed by atoms with van der Waals surface area (Å²) in [7, 11) is -2.89. The van der Waals surface area contributed by atoms with E-state index in [9.17, 15) is 23.3 Å². The Morgan fingerprint density at radius 3 is 2.65 bits per heavy atom. The van der Waals surface area contributed by atoms with Crippen LogP contribution in [0.25, 0.3) is 0 Å². The molecule has 122 valence electrons. The molecule has 1 N–H and O–H groups in total. The van der Waals surface area contributed by atoms with E-state index in [4.69, 9.17) is 0 Å². The maximum Gasteiger partial charge on any atom is 0.350 e. The molecule has 0 aliphatic carbocycles. The van der Waals surface area contributed by atoms with E-state index in [1.165, 1.54) is 37.6 Å². The van der Waals surface area contributed by atoms with Crippen LogP contribution in [0.5, 0.6) is 0 Å². The number of ether oxygens (including phenoxy) is 1. The molecule has 23 heavy (non-hydrogen) atoms. The normalized spacial score (nSPS) is 11.0. The van der Waals surface area contributed by atoms with Gasteiger partial charge in [0.2, 0.25) is 0 Å².